The number of pyridine rings is 1. The lowest BCUT2D eigenvalue weighted by atomic mass is 10.1. The molecule has 3 aromatic rings. The number of nitrogens with one attached hydrogen (secondary N) is 1. The van der Waals surface area contributed by atoms with Gasteiger partial charge >= 0.3 is 6.36 Å². The number of ether oxygens (including phenoxy) is 2. The number of benzene rings is 2. The molecule has 9 nitrogen and oxygen atoms in total. The van der Waals surface area contributed by atoms with Gasteiger partial charge in [-0.3, -0.25) is 4.79 Å². The molecule has 1 amide bonds. The molecule has 0 radical (unpaired) electrons. The molecule has 0 bridgehead atoms. The minimum atomic E-state index is -4.98. The standard InChI is InChI=1S/C22H18F3N3O6/c23-22(24,25)34-18-5-4-13(9-16(18)30)27-21(32)14-2-1-3-15-19(14)33-7-6-28(15)20-17(31)8-12(11-29)10-26-20/h1-5,8-10,29-31H,6-7,11H2,(H,27,32). The van der Waals surface area contributed by atoms with Crippen LogP contribution < -0.4 is 19.7 Å². The van der Waals surface area contributed by atoms with Crippen LogP contribution in [0.5, 0.6) is 23.0 Å². The smallest absolute Gasteiger partial charge is 0.504 e. The number of alkyl halides is 3. The van der Waals surface area contributed by atoms with Crippen LogP contribution in [0, 0.1) is 0 Å². The topological polar surface area (TPSA) is 124 Å². The maximum atomic E-state index is 12.9. The number of aliphatic hydroxyl groups excluding tert-OH is 1. The number of amides is 1. The van der Waals surface area contributed by atoms with Gasteiger partial charge in [-0.25, -0.2) is 4.98 Å². The molecule has 0 atom stereocenters. The molecule has 4 N–H and O–H groups in total. The maximum Gasteiger partial charge on any atom is 0.573 e. The average molecular weight is 477 g/mol. The van der Waals surface area contributed by atoms with Crippen molar-refractivity contribution in [3.8, 4) is 23.0 Å². The second-order valence-electron chi connectivity index (χ2n) is 7.18. The van der Waals surface area contributed by atoms with Crippen molar-refractivity contribution in [2.45, 2.75) is 13.0 Å². The second kappa shape index (κ2) is 8.98. The van der Waals surface area contributed by atoms with Gasteiger partial charge in [0, 0.05) is 18.0 Å². The largest absolute Gasteiger partial charge is 0.573 e. The van der Waals surface area contributed by atoms with Crippen LogP contribution in [0.4, 0.5) is 30.4 Å². The van der Waals surface area contributed by atoms with Gasteiger partial charge in [-0.1, -0.05) is 6.07 Å². The highest BCUT2D eigenvalue weighted by Gasteiger charge is 2.32. The van der Waals surface area contributed by atoms with Crippen molar-refractivity contribution in [1.29, 1.82) is 0 Å². The average Bonchev–Trinajstić information content (AvgIpc) is 2.79. The van der Waals surface area contributed by atoms with Crippen LogP contribution in [0.1, 0.15) is 15.9 Å². The first kappa shape index (κ1) is 23.0. The van der Waals surface area contributed by atoms with Gasteiger partial charge in [0.05, 0.1) is 24.4 Å². The van der Waals surface area contributed by atoms with Crippen LogP contribution in [-0.4, -0.2) is 45.7 Å². The number of carbonyl (C=O) groups excluding carboxylic acids is 1. The molecule has 4 rings (SSSR count). The number of para-hydroxylation sites is 1. The maximum absolute atomic E-state index is 12.9. The zero-order valence-electron chi connectivity index (χ0n) is 17.3. The van der Waals surface area contributed by atoms with E-state index in [0.717, 1.165) is 18.2 Å². The van der Waals surface area contributed by atoms with E-state index in [1.54, 1.807) is 17.0 Å². The van der Waals surface area contributed by atoms with Crippen LogP contribution in [-0.2, 0) is 6.61 Å². The number of rotatable bonds is 5. The van der Waals surface area contributed by atoms with E-state index in [-0.39, 0.29) is 41.8 Å². The van der Waals surface area contributed by atoms with Crippen molar-refractivity contribution in [3.63, 3.8) is 0 Å². The fourth-order valence-electron chi connectivity index (χ4n) is 3.43. The Morgan fingerprint density at radius 2 is 1.97 bits per heavy atom. The summed E-state index contributed by atoms with van der Waals surface area (Å²) in [6.45, 7) is 0.208. The number of nitrogens with zero attached hydrogens (tertiary/aromatic N) is 2. The first-order valence-electron chi connectivity index (χ1n) is 9.88. The Hall–Kier alpha value is -4.19. The van der Waals surface area contributed by atoms with Crippen molar-refractivity contribution in [2.24, 2.45) is 0 Å². The molecule has 0 aliphatic carbocycles. The lowest BCUT2D eigenvalue weighted by molar-refractivity contribution is -0.275. The monoisotopic (exact) mass is 477 g/mol. The molecule has 1 aliphatic heterocycles. The third kappa shape index (κ3) is 4.76. The number of phenolic OH excluding ortho intramolecular Hbond substituents is 1. The predicted molar refractivity (Wildman–Crippen MR) is 114 cm³/mol. The SMILES string of the molecule is O=C(Nc1ccc(OC(F)(F)F)c(O)c1)c1cccc2c1OCCN2c1ncc(CO)cc1O. The minimum Gasteiger partial charge on any atom is -0.504 e. The number of aromatic hydroxyl groups is 2. The summed E-state index contributed by atoms with van der Waals surface area (Å²) in [5, 5.41) is 31.9. The highest BCUT2D eigenvalue weighted by atomic mass is 19.4. The van der Waals surface area contributed by atoms with Crippen LogP contribution >= 0.6 is 0 Å². The van der Waals surface area contributed by atoms with Crippen molar-refractivity contribution < 1.29 is 42.8 Å². The Kier molecular flexibility index (Phi) is 6.07. The molecule has 0 saturated carbocycles. The highest BCUT2D eigenvalue weighted by molar-refractivity contribution is 6.07. The van der Waals surface area contributed by atoms with E-state index in [1.165, 1.54) is 18.3 Å². The summed E-state index contributed by atoms with van der Waals surface area (Å²) in [6.07, 6.45) is -3.56. The van der Waals surface area contributed by atoms with Crippen molar-refractivity contribution in [3.05, 3.63) is 59.8 Å². The summed E-state index contributed by atoms with van der Waals surface area (Å²) < 4.78 is 46.5. The molecule has 178 valence electrons. The van der Waals surface area contributed by atoms with Gasteiger partial charge in [0.2, 0.25) is 0 Å². The Balaban J connectivity index is 1.60. The number of hydrogen-bond acceptors (Lipinski definition) is 8. The third-order valence-corrected chi connectivity index (χ3v) is 4.88. The molecule has 0 fully saturated rings. The van der Waals surface area contributed by atoms with Gasteiger partial charge in [0.15, 0.2) is 28.8 Å². The summed E-state index contributed by atoms with van der Waals surface area (Å²) in [7, 11) is 0. The number of hydrogen-bond donors (Lipinski definition) is 4. The molecular weight excluding hydrogens is 459 g/mol. The number of halogens is 3. The molecule has 1 aliphatic rings. The van der Waals surface area contributed by atoms with Crippen LogP contribution in [0.3, 0.4) is 0 Å². The van der Waals surface area contributed by atoms with Crippen LogP contribution in [0.15, 0.2) is 48.7 Å². The van der Waals surface area contributed by atoms with E-state index in [9.17, 15) is 33.3 Å². The number of aliphatic hydroxyl groups is 1. The molecule has 12 heteroatoms. The van der Waals surface area contributed by atoms with Gasteiger partial charge < -0.3 is 35.0 Å². The lowest BCUT2D eigenvalue weighted by Gasteiger charge is -2.31. The molecule has 1 aromatic heterocycles. The molecule has 34 heavy (non-hydrogen) atoms. The fraction of sp³-hybridized carbons (Fsp3) is 0.182. The fourth-order valence-corrected chi connectivity index (χ4v) is 3.43. The third-order valence-electron chi connectivity index (χ3n) is 4.88. The number of anilines is 3. The molecule has 2 aromatic carbocycles. The summed E-state index contributed by atoms with van der Waals surface area (Å²) in [4.78, 5) is 18.8. The lowest BCUT2D eigenvalue weighted by Crippen LogP contribution is -2.30. The number of fused-ring (bicyclic) bond motifs is 1. The first-order chi connectivity index (χ1) is 16.2. The summed E-state index contributed by atoms with van der Waals surface area (Å²) in [5.41, 5.74) is 1.03. The van der Waals surface area contributed by atoms with Gasteiger partial charge in [-0.05, 0) is 35.9 Å². The quantitative estimate of drug-likeness (QED) is 0.439. The molecule has 2 heterocycles. The van der Waals surface area contributed by atoms with E-state index in [2.05, 4.69) is 15.0 Å². The van der Waals surface area contributed by atoms with Crippen molar-refractivity contribution in [2.75, 3.05) is 23.4 Å². The molecule has 0 saturated heterocycles. The van der Waals surface area contributed by atoms with E-state index in [1.807, 2.05) is 0 Å². The summed E-state index contributed by atoms with van der Waals surface area (Å²) in [6, 6.07) is 9.07. The van der Waals surface area contributed by atoms with Crippen LogP contribution in [0.25, 0.3) is 0 Å². The zero-order valence-corrected chi connectivity index (χ0v) is 17.3. The van der Waals surface area contributed by atoms with Gasteiger partial charge in [0.1, 0.15) is 6.61 Å². The highest BCUT2D eigenvalue weighted by Crippen LogP contribution is 2.41. The Morgan fingerprint density at radius 1 is 1.18 bits per heavy atom. The Bertz CT molecular complexity index is 1230. The van der Waals surface area contributed by atoms with E-state index >= 15 is 0 Å². The minimum absolute atomic E-state index is 0.0289. The van der Waals surface area contributed by atoms with Crippen molar-refractivity contribution >= 4 is 23.1 Å². The van der Waals surface area contributed by atoms with Gasteiger partial charge in [-0.15, -0.1) is 13.2 Å². The number of aromatic nitrogens is 1. The van der Waals surface area contributed by atoms with E-state index in [0.29, 0.717) is 17.8 Å². The molecular formula is C22H18F3N3O6. The molecule has 0 spiro atoms. The van der Waals surface area contributed by atoms with Crippen molar-refractivity contribution in [1.82, 2.24) is 4.98 Å². The zero-order chi connectivity index (χ0) is 24.5. The van der Waals surface area contributed by atoms with Crippen LogP contribution in [0.2, 0.25) is 0 Å². The number of carbonyl (C=O) groups is 1. The molecule has 0 unspecified atom stereocenters. The predicted octanol–water partition coefficient (Wildman–Crippen LogP) is 3.67. The van der Waals surface area contributed by atoms with E-state index in [4.69, 9.17) is 4.74 Å². The van der Waals surface area contributed by atoms with Gasteiger partial charge in [-0.2, -0.15) is 0 Å². The Morgan fingerprint density at radius 3 is 2.65 bits per heavy atom. The summed E-state index contributed by atoms with van der Waals surface area (Å²) >= 11 is 0. The Labute approximate surface area is 190 Å². The second-order valence-corrected chi connectivity index (χ2v) is 7.18. The number of phenols is 1. The summed E-state index contributed by atoms with van der Waals surface area (Å²) in [5.74, 6) is -1.99. The van der Waals surface area contributed by atoms with Gasteiger partial charge in [0.25, 0.3) is 5.91 Å². The first-order valence-corrected chi connectivity index (χ1v) is 9.88. The normalized spacial score (nSPS) is 13.1. The van der Waals surface area contributed by atoms with E-state index < -0.39 is 23.8 Å².